The fourth-order valence-corrected chi connectivity index (χ4v) is 3.26. The summed E-state index contributed by atoms with van der Waals surface area (Å²) in [6.07, 6.45) is -4.51. The van der Waals surface area contributed by atoms with Crippen LogP contribution in [0.2, 0.25) is 0 Å². The number of rotatable bonds is 3. The molecule has 0 spiro atoms. The molecule has 0 saturated carbocycles. The van der Waals surface area contributed by atoms with Crippen LogP contribution >= 0.6 is 0 Å². The Kier molecular flexibility index (Phi) is 4.87. The van der Waals surface area contributed by atoms with Crippen molar-refractivity contribution in [3.05, 3.63) is 90.0 Å². The van der Waals surface area contributed by atoms with Crippen LogP contribution in [0.15, 0.2) is 83.9 Å². The molecule has 1 aromatic heterocycles. The second-order valence-corrected chi connectivity index (χ2v) is 6.68. The number of anilines is 1. The van der Waals surface area contributed by atoms with E-state index in [1.165, 1.54) is 12.1 Å². The smallest absolute Gasteiger partial charge is 0.398 e. The minimum atomic E-state index is -4.51. The van der Waals surface area contributed by atoms with Crippen LogP contribution in [0.5, 0.6) is 0 Å². The number of aromatic nitrogens is 1. The Morgan fingerprint density at radius 2 is 1.53 bits per heavy atom. The molecule has 0 unspecified atom stereocenters. The number of halogens is 3. The number of aliphatic imine (C=N–C) groups is 1. The molecular weight excluding hydrogens is 389 g/mol. The number of nitrogens with zero attached hydrogens (tertiary/aromatic N) is 2. The topological polar surface area (TPSA) is 77.3 Å². The van der Waals surface area contributed by atoms with Crippen LogP contribution in [0.3, 0.4) is 0 Å². The van der Waals surface area contributed by atoms with Gasteiger partial charge in [0.15, 0.2) is 5.82 Å². The summed E-state index contributed by atoms with van der Waals surface area (Å²) in [6, 6.07) is 21.1. The summed E-state index contributed by atoms with van der Waals surface area (Å²) in [4.78, 5) is 8.85. The van der Waals surface area contributed by atoms with E-state index in [4.69, 9.17) is 11.5 Å². The predicted molar refractivity (Wildman–Crippen MR) is 113 cm³/mol. The summed E-state index contributed by atoms with van der Waals surface area (Å²) < 4.78 is 40.6. The number of para-hydroxylation sites is 1. The van der Waals surface area contributed by atoms with E-state index in [1.807, 2.05) is 0 Å². The van der Waals surface area contributed by atoms with Gasteiger partial charge in [-0.3, -0.25) is 0 Å². The van der Waals surface area contributed by atoms with Gasteiger partial charge in [0, 0.05) is 22.2 Å². The van der Waals surface area contributed by atoms with Gasteiger partial charge in [0.2, 0.25) is 0 Å². The lowest BCUT2D eigenvalue weighted by Crippen LogP contribution is -2.15. The van der Waals surface area contributed by atoms with Gasteiger partial charge in [0.1, 0.15) is 5.84 Å². The average molecular weight is 406 g/mol. The minimum absolute atomic E-state index is 0.0231. The number of benzene rings is 3. The van der Waals surface area contributed by atoms with Crippen LogP contribution in [-0.2, 0) is 6.18 Å². The number of nitrogens with two attached hydrogens (primary N) is 2. The van der Waals surface area contributed by atoms with Crippen molar-refractivity contribution < 1.29 is 13.2 Å². The zero-order valence-electron chi connectivity index (χ0n) is 15.7. The fraction of sp³-hybridized carbons (Fsp3) is 0.0435. The molecule has 30 heavy (non-hydrogen) atoms. The Hall–Kier alpha value is -3.87. The largest absolute Gasteiger partial charge is 0.417 e. The first-order chi connectivity index (χ1) is 14.3. The third-order valence-electron chi connectivity index (χ3n) is 4.69. The predicted octanol–water partition coefficient (Wildman–Crippen LogP) is 5.54. The van der Waals surface area contributed by atoms with E-state index in [0.29, 0.717) is 22.0 Å². The Balaban J connectivity index is 1.95. The zero-order valence-corrected chi connectivity index (χ0v) is 15.7. The van der Waals surface area contributed by atoms with Gasteiger partial charge in [-0.05, 0) is 29.7 Å². The van der Waals surface area contributed by atoms with Crippen molar-refractivity contribution in [3.8, 4) is 11.3 Å². The lowest BCUT2D eigenvalue weighted by atomic mass is 10.0. The van der Waals surface area contributed by atoms with Crippen LogP contribution < -0.4 is 11.5 Å². The first-order valence-electron chi connectivity index (χ1n) is 9.10. The van der Waals surface area contributed by atoms with Crippen molar-refractivity contribution in [1.29, 1.82) is 0 Å². The Morgan fingerprint density at radius 3 is 2.30 bits per heavy atom. The quantitative estimate of drug-likeness (QED) is 0.266. The van der Waals surface area contributed by atoms with E-state index >= 15 is 0 Å². The lowest BCUT2D eigenvalue weighted by Gasteiger charge is -2.14. The number of alkyl halides is 3. The number of amidine groups is 1. The van der Waals surface area contributed by atoms with Crippen LogP contribution in [0, 0.1) is 0 Å². The number of hydrogen-bond acceptors (Lipinski definition) is 3. The summed E-state index contributed by atoms with van der Waals surface area (Å²) in [5.41, 5.74) is 12.5. The molecule has 0 bridgehead atoms. The van der Waals surface area contributed by atoms with Crippen molar-refractivity contribution in [2.24, 2.45) is 10.7 Å². The molecule has 150 valence electrons. The van der Waals surface area contributed by atoms with Crippen LogP contribution in [0.4, 0.5) is 24.7 Å². The van der Waals surface area contributed by atoms with Crippen molar-refractivity contribution in [1.82, 2.24) is 4.98 Å². The van der Waals surface area contributed by atoms with Gasteiger partial charge in [0.25, 0.3) is 0 Å². The van der Waals surface area contributed by atoms with Crippen LogP contribution in [0.25, 0.3) is 22.0 Å². The maximum atomic E-state index is 13.5. The molecule has 1 heterocycles. The van der Waals surface area contributed by atoms with Gasteiger partial charge in [-0.1, -0.05) is 54.6 Å². The average Bonchev–Trinajstić information content (AvgIpc) is 2.73. The standard InChI is InChI=1S/C23H17F3N4/c24-23(25,26)18-11-5-3-9-16(18)20-13-14-7-1-2-8-15(14)22(29-20)30-21(28)17-10-4-6-12-19(17)27/h1-13H,27H2,(H2,28,29,30). The fourth-order valence-electron chi connectivity index (χ4n) is 3.26. The third kappa shape index (κ3) is 3.69. The maximum absolute atomic E-state index is 13.5. The number of nitrogen functional groups attached to an aromatic ring is 1. The van der Waals surface area contributed by atoms with Crippen molar-refractivity contribution in [3.63, 3.8) is 0 Å². The molecule has 0 fully saturated rings. The first kappa shape index (κ1) is 19.4. The van der Waals surface area contributed by atoms with Crippen molar-refractivity contribution in [2.75, 3.05) is 5.73 Å². The summed E-state index contributed by atoms with van der Waals surface area (Å²) in [6.45, 7) is 0. The van der Waals surface area contributed by atoms with Gasteiger partial charge in [0.05, 0.1) is 11.3 Å². The number of fused-ring (bicyclic) bond motifs is 1. The second-order valence-electron chi connectivity index (χ2n) is 6.68. The van der Waals surface area contributed by atoms with Gasteiger partial charge in [-0.2, -0.15) is 13.2 Å². The Labute approximate surface area is 170 Å². The van der Waals surface area contributed by atoms with E-state index in [-0.39, 0.29) is 22.9 Å². The summed E-state index contributed by atoms with van der Waals surface area (Å²) in [5, 5.41) is 1.37. The first-order valence-corrected chi connectivity index (χ1v) is 9.10. The lowest BCUT2D eigenvalue weighted by molar-refractivity contribution is -0.137. The molecule has 0 atom stereocenters. The molecule has 3 aromatic carbocycles. The van der Waals surface area contributed by atoms with E-state index in [0.717, 1.165) is 6.07 Å². The van der Waals surface area contributed by atoms with Gasteiger partial charge in [-0.15, -0.1) is 0 Å². The van der Waals surface area contributed by atoms with E-state index in [1.54, 1.807) is 60.7 Å². The monoisotopic (exact) mass is 406 g/mol. The summed E-state index contributed by atoms with van der Waals surface area (Å²) in [5.74, 6) is 0.354. The van der Waals surface area contributed by atoms with Gasteiger partial charge >= 0.3 is 6.18 Å². The van der Waals surface area contributed by atoms with Crippen molar-refractivity contribution in [2.45, 2.75) is 6.18 Å². The van der Waals surface area contributed by atoms with Gasteiger partial charge < -0.3 is 11.5 Å². The highest BCUT2D eigenvalue weighted by Gasteiger charge is 2.33. The highest BCUT2D eigenvalue weighted by molar-refractivity contribution is 6.05. The van der Waals surface area contributed by atoms with Crippen molar-refractivity contribution >= 4 is 28.1 Å². The highest BCUT2D eigenvalue weighted by atomic mass is 19.4. The van der Waals surface area contributed by atoms with E-state index in [2.05, 4.69) is 9.98 Å². The molecule has 0 aliphatic heterocycles. The molecule has 0 saturated heterocycles. The minimum Gasteiger partial charge on any atom is -0.398 e. The second kappa shape index (κ2) is 7.51. The Bertz CT molecular complexity index is 1260. The normalized spacial score (nSPS) is 12.3. The van der Waals surface area contributed by atoms with E-state index < -0.39 is 11.7 Å². The highest BCUT2D eigenvalue weighted by Crippen LogP contribution is 2.38. The molecule has 7 heteroatoms. The molecule has 4 N–H and O–H groups in total. The molecule has 4 rings (SSSR count). The van der Waals surface area contributed by atoms with Gasteiger partial charge in [-0.25, -0.2) is 9.98 Å². The van der Waals surface area contributed by atoms with Crippen LogP contribution in [-0.4, -0.2) is 10.8 Å². The molecule has 0 aliphatic rings. The molecule has 0 amide bonds. The molecule has 4 aromatic rings. The van der Waals surface area contributed by atoms with Crippen LogP contribution in [0.1, 0.15) is 11.1 Å². The summed E-state index contributed by atoms with van der Waals surface area (Å²) >= 11 is 0. The van der Waals surface area contributed by atoms with E-state index in [9.17, 15) is 13.2 Å². The maximum Gasteiger partial charge on any atom is 0.417 e. The molecule has 0 aliphatic carbocycles. The number of pyridine rings is 1. The number of hydrogen-bond donors (Lipinski definition) is 2. The zero-order chi connectivity index (χ0) is 21.3. The SMILES string of the molecule is NC(=Nc1nc(-c2ccccc2C(F)(F)F)cc2ccccc12)c1ccccc1N. The third-order valence-corrected chi connectivity index (χ3v) is 4.69. The molecular formula is C23H17F3N4. The summed E-state index contributed by atoms with van der Waals surface area (Å²) in [7, 11) is 0. The molecule has 0 radical (unpaired) electrons. The molecule has 4 nitrogen and oxygen atoms in total. The Morgan fingerprint density at radius 1 is 0.867 bits per heavy atom.